The van der Waals surface area contributed by atoms with E-state index in [1.165, 1.54) is 41.4 Å². The minimum atomic E-state index is -4.37. The third-order valence-electron chi connectivity index (χ3n) is 23.6. The third-order valence-corrected chi connectivity index (χ3v) is 25.2. The molecule has 8 amide bonds. The number of rotatable bonds is 38. The number of pyridine rings is 1. The van der Waals surface area contributed by atoms with E-state index in [2.05, 4.69) is 40.1 Å². The maximum atomic E-state index is 14.5. The summed E-state index contributed by atoms with van der Waals surface area (Å²) in [5, 5.41) is 89.8. The molecule has 4 saturated carbocycles. The zero-order valence-corrected chi connectivity index (χ0v) is 69.7. The van der Waals surface area contributed by atoms with E-state index in [0.717, 1.165) is 76.2 Å². The summed E-state index contributed by atoms with van der Waals surface area (Å²) in [6, 6.07) is 18.8. The first-order valence-corrected chi connectivity index (χ1v) is 42.7. The Labute approximate surface area is 701 Å². The fourth-order valence-electron chi connectivity index (χ4n) is 18.7. The van der Waals surface area contributed by atoms with Crippen LogP contribution in [-0.4, -0.2) is 268 Å². The van der Waals surface area contributed by atoms with Crippen LogP contribution in [0.5, 0.6) is 0 Å². The summed E-state index contributed by atoms with van der Waals surface area (Å²) < 4.78 is 58.4. The molecule has 4 bridgehead atoms. The zero-order valence-electron chi connectivity index (χ0n) is 68.0. The first-order valence-electron chi connectivity index (χ1n) is 40.3. The molecular formula is C83H104N12O24S2. The van der Waals surface area contributed by atoms with Crippen LogP contribution in [0.4, 0.5) is 21.4 Å². The number of nitrogens with zero attached hydrogens (tertiary/aromatic N) is 8. The molecule has 12 N–H and O–H groups in total. The highest BCUT2D eigenvalue weighted by atomic mass is 32.2. The number of hydrogen-bond acceptors (Lipinski definition) is 26. The number of hydrogen-bond donors (Lipinski definition) is 12. The number of benzene rings is 3. The molecule has 5 fully saturated rings. The van der Waals surface area contributed by atoms with Crippen LogP contribution >= 0.6 is 11.3 Å². The largest absolute Gasteiger partial charge is 0.479 e. The van der Waals surface area contributed by atoms with Crippen molar-refractivity contribution in [3.05, 3.63) is 130 Å². The molecule has 3 aromatic carbocycles. The molecule has 0 radical (unpaired) electrons. The van der Waals surface area contributed by atoms with E-state index in [0.29, 0.717) is 76.1 Å². The quantitative estimate of drug-likeness (QED) is 0.0145. The molecule has 3 aromatic heterocycles. The number of anilines is 3. The van der Waals surface area contributed by atoms with Gasteiger partial charge in [0.2, 0.25) is 23.6 Å². The van der Waals surface area contributed by atoms with Crippen LogP contribution in [0.25, 0.3) is 21.3 Å². The highest BCUT2D eigenvalue weighted by Crippen LogP contribution is 2.72. The molecular weight excluding hydrogens is 1610 g/mol. The molecule has 121 heavy (non-hydrogen) atoms. The number of aryl methyl sites for hydroxylation is 1. The molecule has 38 heteroatoms. The Morgan fingerprint density at radius 2 is 1.50 bits per heavy atom. The summed E-state index contributed by atoms with van der Waals surface area (Å²) >= 11 is 1.39. The molecule has 13 rings (SSSR count). The molecule has 0 spiro atoms. The SMILES string of the molecule is Cc1c(-c2ccc(N3CCc4cccc(C(=O)Nc5nc6ccccc6s5)c4C3)nc2C(=O)O)cnn1CC12CC3(C)CC(C)(C1)CC(OCCN(CC[C@H](O)CO)C(=O)OCc1ccc(NC(=O)[C@H](C)NC(=O)[C@@H](NC(=O)CCN(CCOCCS(=O)(=O)O)C(=O)CN4C(=O)C=CC4=O)C(C)C)cc1CC[C@@H]1O[C@H](C(=O)O)[C@@H](O)[C@H](O)[C@H]1O)(C3)C2. The molecule has 6 heterocycles. The average molecular weight is 1720 g/mol. The normalized spacial score (nSPS) is 23.7. The summed E-state index contributed by atoms with van der Waals surface area (Å²) in [4.78, 5) is 148. The van der Waals surface area contributed by atoms with Gasteiger partial charge in [-0.2, -0.15) is 13.5 Å². The summed E-state index contributed by atoms with van der Waals surface area (Å²) in [6.07, 6.45) is -2.66. The number of amides is 8. The average Bonchev–Trinajstić information content (AvgIpc) is 0.931. The summed E-state index contributed by atoms with van der Waals surface area (Å²) in [5.41, 5.74) is 4.27. The number of nitrogens with one attached hydrogen (secondary N) is 4. The lowest BCUT2D eigenvalue weighted by atomic mass is 9.39. The van der Waals surface area contributed by atoms with Gasteiger partial charge in [0.25, 0.3) is 27.8 Å². The summed E-state index contributed by atoms with van der Waals surface area (Å²) in [5.74, 6) is -8.52. The van der Waals surface area contributed by atoms with Gasteiger partial charge >= 0.3 is 18.0 Å². The fourth-order valence-corrected chi connectivity index (χ4v) is 19.9. The van der Waals surface area contributed by atoms with Crippen LogP contribution < -0.4 is 26.2 Å². The van der Waals surface area contributed by atoms with Crippen molar-refractivity contribution in [1.82, 2.24) is 45.1 Å². The van der Waals surface area contributed by atoms with E-state index in [4.69, 9.17) is 33.6 Å². The van der Waals surface area contributed by atoms with E-state index in [-0.39, 0.29) is 92.2 Å². The van der Waals surface area contributed by atoms with Crippen LogP contribution in [0.15, 0.2) is 91.1 Å². The van der Waals surface area contributed by atoms with E-state index in [1.807, 2.05) is 59.0 Å². The number of carbonyl (C=O) groups is 10. The van der Waals surface area contributed by atoms with Gasteiger partial charge in [-0.1, -0.05) is 69.4 Å². The van der Waals surface area contributed by atoms with Gasteiger partial charge in [-0.15, -0.1) is 0 Å². The van der Waals surface area contributed by atoms with Gasteiger partial charge in [0.15, 0.2) is 16.9 Å². The van der Waals surface area contributed by atoms with Crippen molar-refractivity contribution in [2.45, 2.75) is 186 Å². The van der Waals surface area contributed by atoms with Crippen molar-refractivity contribution in [3.63, 3.8) is 0 Å². The standard InChI is InChI=1S/C83H104N12O24S2/c1-47(2)67(89-63(98)24-27-91(28-30-116-32-33-121(113,114)115)66(101)37-94-64(99)20-21-65(94)100)75(107)85-48(3)73(105)86-53-16-14-52(51(34-53)15-18-60-69(102)70(103)71(104)72(119-60)77(110)111)39-117-79(112)92(26-23-54(97)38-96)29-31-118-83-43-80(5)40-81(6,44-83)42-82(41-80,45-83)46-95-49(4)57(35-84-95)55-17-19-62(88-68(55)76(108)109)93-25-22-50-10-9-11-56(58(50)36-93)74(106)90-78-87-59-12-7-8-13-61(59)120-78/h7-14,16-17,19-21,34-35,47-48,54,60,67,69-72,96-97,102-104H,15,18,22-33,36-46H2,1-6H3,(H,85,107)(H,86,105)(H,89,98)(H,108,109)(H,110,111)(H,87,90,106)(H,113,114,115)/t48-,54-,60-,67-,69-,70+,71-,72-,80?,81?,82?,83?/m0/s1. The lowest BCUT2D eigenvalue weighted by Gasteiger charge is -2.69. The second-order valence-electron chi connectivity index (χ2n) is 33.7. The highest BCUT2D eigenvalue weighted by Gasteiger charge is 2.66. The molecule has 2 unspecified atom stereocenters. The first-order chi connectivity index (χ1) is 57.3. The van der Waals surface area contributed by atoms with E-state index in [9.17, 15) is 92.1 Å². The third kappa shape index (κ3) is 21.6. The molecule has 652 valence electrons. The predicted octanol–water partition coefficient (Wildman–Crippen LogP) is 4.39. The zero-order chi connectivity index (χ0) is 87.2. The number of aromatic carboxylic acids is 1. The number of carboxylic acid groups (broad SMARTS) is 2. The Balaban J connectivity index is 0.696. The number of carboxylic acids is 2. The lowest BCUT2D eigenvalue weighted by Crippen LogP contribution is -2.64. The minimum absolute atomic E-state index is 0.0150. The Morgan fingerprint density at radius 3 is 2.20 bits per heavy atom. The Kier molecular flexibility index (Phi) is 28.0. The minimum Gasteiger partial charge on any atom is -0.479 e. The number of imide groups is 1. The molecule has 10 atom stereocenters. The van der Waals surface area contributed by atoms with E-state index >= 15 is 0 Å². The summed E-state index contributed by atoms with van der Waals surface area (Å²) in [6.45, 7) is 9.42. The van der Waals surface area contributed by atoms with Crippen LogP contribution in [0, 0.1) is 29.1 Å². The molecule has 1 saturated heterocycles. The topological polar surface area (TPSA) is 508 Å². The monoisotopic (exact) mass is 1720 g/mol. The highest BCUT2D eigenvalue weighted by molar-refractivity contribution is 7.85. The van der Waals surface area contributed by atoms with Crippen molar-refractivity contribution in [1.29, 1.82) is 0 Å². The second-order valence-corrected chi connectivity index (χ2v) is 36.3. The Bertz CT molecular complexity index is 5010. The van der Waals surface area contributed by atoms with Crippen molar-refractivity contribution in [3.8, 4) is 11.1 Å². The van der Waals surface area contributed by atoms with Crippen LogP contribution in [-0.2, 0) is 95.2 Å². The van der Waals surface area contributed by atoms with Gasteiger partial charge < -0.3 is 85.3 Å². The van der Waals surface area contributed by atoms with Crippen LogP contribution in [0.2, 0.25) is 0 Å². The van der Waals surface area contributed by atoms with Crippen molar-refractivity contribution >= 4 is 108 Å². The number of ether oxygens (including phenoxy) is 4. The fraction of sp³-hybridized carbons (Fsp3) is 0.530. The number of fused-ring (bicyclic) bond motifs is 2. The van der Waals surface area contributed by atoms with Gasteiger partial charge in [0, 0.05) is 92.5 Å². The van der Waals surface area contributed by atoms with Gasteiger partial charge in [-0.3, -0.25) is 53.0 Å². The Hall–Kier alpha value is -10.3. The molecule has 3 aliphatic heterocycles. The Morgan fingerprint density at radius 1 is 0.777 bits per heavy atom. The molecule has 7 aliphatic rings. The molecule has 36 nitrogen and oxygen atoms in total. The smallest absolute Gasteiger partial charge is 0.410 e. The van der Waals surface area contributed by atoms with Gasteiger partial charge in [-0.25, -0.2) is 24.4 Å². The number of aliphatic hydroxyl groups is 5. The van der Waals surface area contributed by atoms with Crippen LogP contribution in [0.3, 0.4) is 0 Å². The van der Waals surface area contributed by atoms with Crippen molar-refractivity contribution in [2.24, 2.45) is 22.2 Å². The van der Waals surface area contributed by atoms with Crippen molar-refractivity contribution < 1.29 is 116 Å². The maximum absolute atomic E-state index is 14.5. The van der Waals surface area contributed by atoms with E-state index < -0.39 is 162 Å². The first kappa shape index (κ1) is 90.0. The number of aromatic nitrogens is 4. The predicted molar refractivity (Wildman–Crippen MR) is 437 cm³/mol. The van der Waals surface area contributed by atoms with Gasteiger partial charge in [0.05, 0.1) is 66.4 Å². The number of aliphatic carboxylic acids is 1. The summed E-state index contributed by atoms with van der Waals surface area (Å²) in [7, 11) is -4.37. The number of aliphatic hydroxyl groups excluding tert-OH is 5. The van der Waals surface area contributed by atoms with E-state index in [1.54, 1.807) is 32.2 Å². The van der Waals surface area contributed by atoms with Gasteiger partial charge in [0.1, 0.15) is 49.4 Å². The number of carbonyl (C=O) groups excluding carboxylic acids is 8. The van der Waals surface area contributed by atoms with Crippen LogP contribution in [0.1, 0.15) is 141 Å². The number of para-hydroxylation sites is 1. The molecule has 4 aliphatic carbocycles. The molecule has 6 aromatic rings. The second kappa shape index (κ2) is 37.6. The number of thiazole rings is 1. The van der Waals surface area contributed by atoms with Crippen molar-refractivity contribution in [2.75, 3.05) is 87.0 Å². The maximum Gasteiger partial charge on any atom is 0.410 e. The van der Waals surface area contributed by atoms with Gasteiger partial charge in [-0.05, 0) is 165 Å². The lowest BCUT2D eigenvalue weighted by molar-refractivity contribution is -0.248.